The molecule has 0 spiro atoms. The SMILES string of the molecule is OCCC#CCCCCCCO. The van der Waals surface area contributed by atoms with Gasteiger partial charge >= 0.3 is 0 Å². The highest BCUT2D eigenvalue weighted by Crippen LogP contribution is 2.01. The Morgan fingerprint density at radius 1 is 0.667 bits per heavy atom. The Morgan fingerprint density at radius 3 is 2.00 bits per heavy atom. The van der Waals surface area contributed by atoms with Crippen LogP contribution in [-0.4, -0.2) is 23.4 Å². The average Bonchev–Trinajstić information content (AvgIpc) is 2.10. The van der Waals surface area contributed by atoms with Crippen LogP contribution < -0.4 is 0 Å². The predicted molar refractivity (Wildman–Crippen MR) is 49.6 cm³/mol. The van der Waals surface area contributed by atoms with Crippen molar-refractivity contribution in [2.75, 3.05) is 13.2 Å². The Hall–Kier alpha value is -0.520. The zero-order valence-corrected chi connectivity index (χ0v) is 7.55. The second-order valence-corrected chi connectivity index (χ2v) is 2.71. The van der Waals surface area contributed by atoms with E-state index in [4.69, 9.17) is 10.2 Å². The molecule has 2 heteroatoms. The van der Waals surface area contributed by atoms with E-state index in [2.05, 4.69) is 11.8 Å². The van der Waals surface area contributed by atoms with Crippen LogP contribution >= 0.6 is 0 Å². The second-order valence-electron chi connectivity index (χ2n) is 2.71. The van der Waals surface area contributed by atoms with Crippen LogP contribution in [0.5, 0.6) is 0 Å². The third kappa shape index (κ3) is 9.48. The van der Waals surface area contributed by atoms with Crippen molar-refractivity contribution in [2.24, 2.45) is 0 Å². The van der Waals surface area contributed by atoms with Crippen molar-refractivity contribution in [3.05, 3.63) is 0 Å². The van der Waals surface area contributed by atoms with Crippen LogP contribution in [0.15, 0.2) is 0 Å². The summed E-state index contributed by atoms with van der Waals surface area (Å²) in [6.45, 7) is 0.466. The van der Waals surface area contributed by atoms with Crippen molar-refractivity contribution in [1.29, 1.82) is 0 Å². The first-order valence-corrected chi connectivity index (χ1v) is 4.59. The van der Waals surface area contributed by atoms with Crippen LogP contribution in [0.3, 0.4) is 0 Å². The van der Waals surface area contributed by atoms with E-state index in [0.29, 0.717) is 13.0 Å². The fourth-order valence-electron chi connectivity index (χ4n) is 0.911. The van der Waals surface area contributed by atoms with Gasteiger partial charge in [-0.2, -0.15) is 0 Å². The topological polar surface area (TPSA) is 40.5 Å². The van der Waals surface area contributed by atoms with Gasteiger partial charge in [0.05, 0.1) is 6.61 Å². The van der Waals surface area contributed by atoms with E-state index < -0.39 is 0 Å². The predicted octanol–water partition coefficient (Wildman–Crippen LogP) is 1.31. The molecule has 0 heterocycles. The van der Waals surface area contributed by atoms with Crippen LogP contribution in [0.4, 0.5) is 0 Å². The summed E-state index contributed by atoms with van der Waals surface area (Å²) in [7, 11) is 0. The highest BCUT2D eigenvalue weighted by atomic mass is 16.3. The fourth-order valence-corrected chi connectivity index (χ4v) is 0.911. The van der Waals surface area contributed by atoms with Gasteiger partial charge in [-0.25, -0.2) is 0 Å². The molecule has 0 bridgehead atoms. The summed E-state index contributed by atoms with van der Waals surface area (Å²) >= 11 is 0. The quantitative estimate of drug-likeness (QED) is 0.466. The van der Waals surface area contributed by atoms with Crippen molar-refractivity contribution >= 4 is 0 Å². The lowest BCUT2D eigenvalue weighted by Crippen LogP contribution is -1.82. The summed E-state index contributed by atoms with van der Waals surface area (Å²) < 4.78 is 0. The molecule has 0 saturated heterocycles. The standard InChI is InChI=1S/C10H18O2/c11-9-7-5-3-1-2-4-6-8-10-12/h11-12H,1-3,5,7-10H2. The molecule has 0 unspecified atom stereocenters. The number of aliphatic hydroxyl groups is 2. The van der Waals surface area contributed by atoms with Crippen molar-refractivity contribution in [3.8, 4) is 11.8 Å². The van der Waals surface area contributed by atoms with Crippen LogP contribution in [0.2, 0.25) is 0 Å². The Bertz CT molecular complexity index is 133. The Morgan fingerprint density at radius 2 is 1.33 bits per heavy atom. The van der Waals surface area contributed by atoms with Gasteiger partial charge < -0.3 is 10.2 Å². The van der Waals surface area contributed by atoms with Gasteiger partial charge in [0.1, 0.15) is 0 Å². The van der Waals surface area contributed by atoms with Gasteiger partial charge in [0.25, 0.3) is 0 Å². The first kappa shape index (κ1) is 11.5. The number of hydrogen-bond donors (Lipinski definition) is 2. The minimum absolute atomic E-state index is 0.164. The molecule has 0 aromatic rings. The molecule has 0 aliphatic heterocycles. The van der Waals surface area contributed by atoms with Crippen molar-refractivity contribution in [2.45, 2.75) is 38.5 Å². The molecule has 0 aromatic carbocycles. The van der Waals surface area contributed by atoms with Crippen molar-refractivity contribution in [1.82, 2.24) is 0 Å². The summed E-state index contributed by atoms with van der Waals surface area (Å²) in [4.78, 5) is 0. The largest absolute Gasteiger partial charge is 0.396 e. The molecule has 0 saturated carbocycles. The molecule has 70 valence electrons. The third-order valence-corrected chi connectivity index (χ3v) is 1.57. The minimum atomic E-state index is 0.164. The molecule has 0 aromatic heterocycles. The molecule has 0 atom stereocenters. The first-order valence-electron chi connectivity index (χ1n) is 4.59. The van der Waals surface area contributed by atoms with E-state index in [-0.39, 0.29) is 6.61 Å². The number of aliphatic hydroxyl groups excluding tert-OH is 2. The van der Waals surface area contributed by atoms with Gasteiger partial charge in [-0.15, -0.1) is 11.8 Å². The molecule has 0 aliphatic carbocycles. The van der Waals surface area contributed by atoms with Crippen molar-refractivity contribution in [3.63, 3.8) is 0 Å². The average molecular weight is 170 g/mol. The highest BCUT2D eigenvalue weighted by molar-refractivity contribution is 4.98. The lowest BCUT2D eigenvalue weighted by atomic mass is 10.1. The molecule has 0 radical (unpaired) electrons. The van der Waals surface area contributed by atoms with Crippen LogP contribution in [0.25, 0.3) is 0 Å². The van der Waals surface area contributed by atoms with E-state index in [1.165, 1.54) is 0 Å². The Labute approximate surface area is 74.6 Å². The van der Waals surface area contributed by atoms with Gasteiger partial charge in [-0.3, -0.25) is 0 Å². The summed E-state index contributed by atoms with van der Waals surface area (Å²) in [5.41, 5.74) is 0. The molecule has 0 fully saturated rings. The van der Waals surface area contributed by atoms with E-state index >= 15 is 0 Å². The van der Waals surface area contributed by atoms with Gasteiger partial charge in [-0.1, -0.05) is 12.8 Å². The summed E-state index contributed by atoms with van der Waals surface area (Å²) in [6, 6.07) is 0. The molecule has 2 N–H and O–H groups in total. The van der Waals surface area contributed by atoms with Crippen LogP contribution in [0, 0.1) is 11.8 Å². The smallest absolute Gasteiger partial charge is 0.0540 e. The molecule has 0 amide bonds. The van der Waals surface area contributed by atoms with E-state index in [0.717, 1.165) is 32.1 Å². The fraction of sp³-hybridized carbons (Fsp3) is 0.800. The van der Waals surface area contributed by atoms with E-state index in [1.54, 1.807) is 0 Å². The van der Waals surface area contributed by atoms with Gasteiger partial charge in [0.2, 0.25) is 0 Å². The molecule has 0 aliphatic rings. The van der Waals surface area contributed by atoms with Crippen LogP contribution in [0.1, 0.15) is 38.5 Å². The van der Waals surface area contributed by atoms with E-state index in [9.17, 15) is 0 Å². The van der Waals surface area contributed by atoms with Gasteiger partial charge in [0, 0.05) is 19.4 Å². The highest BCUT2D eigenvalue weighted by Gasteiger charge is 1.86. The molecular formula is C10H18O2. The van der Waals surface area contributed by atoms with Crippen molar-refractivity contribution < 1.29 is 10.2 Å². The zero-order chi connectivity index (χ0) is 9.07. The lowest BCUT2D eigenvalue weighted by molar-refractivity contribution is 0.282. The maximum Gasteiger partial charge on any atom is 0.0540 e. The lowest BCUT2D eigenvalue weighted by Gasteiger charge is -1.93. The number of hydrogen-bond acceptors (Lipinski definition) is 2. The third-order valence-electron chi connectivity index (χ3n) is 1.57. The Kier molecular flexibility index (Phi) is 10.0. The second kappa shape index (κ2) is 10.5. The zero-order valence-electron chi connectivity index (χ0n) is 7.55. The minimum Gasteiger partial charge on any atom is -0.396 e. The maximum atomic E-state index is 8.48. The molecular weight excluding hydrogens is 152 g/mol. The number of unbranched alkanes of at least 4 members (excludes halogenated alkanes) is 4. The number of rotatable bonds is 6. The normalized spacial score (nSPS) is 9.17. The summed E-state index contributed by atoms with van der Waals surface area (Å²) in [6.07, 6.45) is 5.77. The van der Waals surface area contributed by atoms with Gasteiger partial charge in [-0.05, 0) is 12.8 Å². The molecule has 0 rings (SSSR count). The summed E-state index contributed by atoms with van der Waals surface area (Å²) in [5, 5.41) is 16.9. The molecule has 2 nitrogen and oxygen atoms in total. The molecule has 12 heavy (non-hydrogen) atoms. The van der Waals surface area contributed by atoms with Crippen LogP contribution in [-0.2, 0) is 0 Å². The first-order chi connectivity index (χ1) is 5.91. The monoisotopic (exact) mass is 170 g/mol. The summed E-state index contributed by atoms with van der Waals surface area (Å²) in [5.74, 6) is 5.87. The van der Waals surface area contributed by atoms with Gasteiger partial charge in [0.15, 0.2) is 0 Å². The van der Waals surface area contributed by atoms with E-state index in [1.807, 2.05) is 0 Å². The Balaban J connectivity index is 2.96. The maximum absolute atomic E-state index is 8.48.